The van der Waals surface area contributed by atoms with Crippen molar-refractivity contribution in [3.8, 4) is 17.2 Å². The van der Waals surface area contributed by atoms with Crippen molar-refractivity contribution in [1.29, 1.82) is 0 Å². The van der Waals surface area contributed by atoms with Gasteiger partial charge in [-0.05, 0) is 189 Å². The molecule has 0 aromatic heterocycles. The van der Waals surface area contributed by atoms with Gasteiger partial charge in [-0.3, -0.25) is 33.8 Å². The third-order valence-electron chi connectivity index (χ3n) is 17.1. The predicted octanol–water partition coefficient (Wildman–Crippen LogP) is 16.5. The van der Waals surface area contributed by atoms with Crippen LogP contribution in [-0.4, -0.2) is 156 Å². The number of benzene rings is 7. The fourth-order valence-electron chi connectivity index (χ4n) is 11.3. The minimum absolute atomic E-state index is 0.0122. The Kier molecular flexibility index (Phi) is 29.9. The number of hydrogen-bond acceptors (Lipinski definition) is 20. The zero-order valence-corrected chi connectivity index (χ0v) is 65.3. The fourth-order valence-corrected chi connectivity index (χ4v) is 12.7. The molecule has 25 heteroatoms. The van der Waals surface area contributed by atoms with Crippen molar-refractivity contribution < 1.29 is 71.5 Å². The number of rotatable bonds is 20. The van der Waals surface area contributed by atoms with Crippen LogP contribution in [-0.2, 0) is 42.9 Å². The van der Waals surface area contributed by atoms with E-state index in [2.05, 4.69) is 65.0 Å². The zero-order valence-electron chi connectivity index (χ0n) is 63.6. The van der Waals surface area contributed by atoms with Crippen LogP contribution >= 0.6 is 24.0 Å². The van der Waals surface area contributed by atoms with Crippen LogP contribution in [0.5, 0.6) is 17.2 Å². The Labute approximate surface area is 645 Å². The molecule has 0 radical (unpaired) electrons. The van der Waals surface area contributed by atoms with E-state index < -0.39 is 30.1 Å². The monoisotopic (exact) mass is 1510 g/mol. The minimum Gasteiger partial charge on any atom is -0.496 e. The van der Waals surface area contributed by atoms with E-state index in [1.807, 2.05) is 175 Å². The Morgan fingerprint density at radius 3 is 1.15 bits per heavy atom. The number of para-hydroxylation sites is 2. The van der Waals surface area contributed by atoms with Gasteiger partial charge in [0.05, 0.1) is 26.2 Å². The van der Waals surface area contributed by atoms with Crippen molar-refractivity contribution in [2.24, 2.45) is 4.99 Å². The molecule has 0 unspecified atom stereocenters. The van der Waals surface area contributed by atoms with Crippen molar-refractivity contribution in [2.45, 2.75) is 76.2 Å². The topological polar surface area (TPSA) is 236 Å². The van der Waals surface area contributed by atoms with Gasteiger partial charge in [-0.1, -0.05) is 127 Å². The predicted molar refractivity (Wildman–Crippen MR) is 430 cm³/mol. The summed E-state index contributed by atoms with van der Waals surface area (Å²) in [4.78, 5) is 110. The van der Waals surface area contributed by atoms with E-state index in [0.717, 1.165) is 83.9 Å². The molecule has 5 aliphatic rings. The molecule has 5 saturated heterocycles. The van der Waals surface area contributed by atoms with Crippen LogP contribution in [0.1, 0.15) is 99.9 Å². The van der Waals surface area contributed by atoms with Crippen LogP contribution in [0.25, 0.3) is 30.4 Å². The Bertz CT molecular complexity index is 4650. The Morgan fingerprint density at radius 2 is 0.752 bits per heavy atom. The minimum atomic E-state index is -0.637. The van der Waals surface area contributed by atoms with Crippen molar-refractivity contribution in [3.05, 3.63) is 236 Å². The molecule has 0 saturated carbocycles. The molecule has 7 aromatic rings. The number of cyclic esters (lactones) is 3. The van der Waals surface area contributed by atoms with Crippen molar-refractivity contribution in [2.75, 3.05) is 83.5 Å². The zero-order chi connectivity index (χ0) is 79.0. The summed E-state index contributed by atoms with van der Waals surface area (Å²) in [5.74, 6) is 0.955. The highest BCUT2D eigenvalue weighted by molar-refractivity contribution is 8.26. The van der Waals surface area contributed by atoms with E-state index >= 15 is 0 Å². The number of amidine groups is 1. The number of amides is 8. The molecule has 8 amide bonds. The number of thioether (sulfide) groups is 1. The number of carbonyl (C=O) groups excluding carboxylic acids is 8. The Hall–Kier alpha value is -12.1. The second kappa shape index (κ2) is 39.5. The summed E-state index contributed by atoms with van der Waals surface area (Å²) in [7, 11) is 4.73. The van der Waals surface area contributed by atoms with E-state index in [-0.39, 0.29) is 47.3 Å². The first-order chi connectivity index (χ1) is 52.5. The van der Waals surface area contributed by atoms with Crippen molar-refractivity contribution in [1.82, 2.24) is 24.5 Å². The summed E-state index contributed by atoms with van der Waals surface area (Å²) in [6.07, 6.45) is 6.38. The lowest BCUT2D eigenvalue weighted by Crippen LogP contribution is -2.29. The number of methoxy groups -OCH3 is 3. The number of aliphatic imine (C=N–C) groups is 1. The fraction of sp³-hybridized carbons (Fsp3) is 0.262. The number of likely N-dealkylation sites (N-methyl/N-ethyl adjacent to an activating group) is 5. The van der Waals surface area contributed by atoms with Gasteiger partial charge in [-0.25, -0.2) is 34.1 Å². The summed E-state index contributed by atoms with van der Waals surface area (Å²) in [5, 5.41) is 0. The first kappa shape index (κ1) is 82.6. The van der Waals surface area contributed by atoms with Crippen LogP contribution < -0.4 is 24.0 Å². The van der Waals surface area contributed by atoms with Crippen LogP contribution in [0.3, 0.4) is 0 Å². The first-order valence-electron chi connectivity index (χ1n) is 35.6. The van der Waals surface area contributed by atoms with Gasteiger partial charge in [0.2, 0.25) is 0 Å². The lowest BCUT2D eigenvalue weighted by molar-refractivity contribution is -0.123. The lowest BCUT2D eigenvalue weighted by atomic mass is 10.1. The van der Waals surface area contributed by atoms with Gasteiger partial charge in [0.25, 0.3) is 35.6 Å². The molecular formula is C84H90N8O15S2. The standard InChI is InChI=1S/C24H20N2OS2.C17H22N2O4.C16H20N2O3.C14H15NO4.C13H13NO3/c1-2-25-23(27)22(29-24(25)28)17-18-13-15-21(16-14-18)26(19-9-5-3-6-10-19)20-11-7-4-8-12-20;1-5-18(6-2)13-9-8-12(14(11-13)22-4)10-15-16(20)19(7-3)17(21)23-15;1-5-17-16-18(6-2)15(19)14(21-16)10-12-8-7-11(3)9-13(12)20-4;1-4-15-13(16)12(19-14(15)17)8-10-6-5-9(2)7-11(10)18-3;1-3-14-12(15)11(17-13(14)16)8-10-6-4-9(2)5-7-10/h3-17H,2H2,1H3;8-11H,5-7H2,1-4H3;7-10H,5-6H2,1-4H3;5-8H,4H2,1-3H3;4-8H,3H2,1-2H3/b22-17+;15-10+;14-10+,17-16?;12-8+;11-8+. The molecule has 5 aliphatic heterocycles. The van der Waals surface area contributed by atoms with Crippen LogP contribution in [0.4, 0.5) is 37.1 Å². The SMILES string of the molecule is CCN1C(=O)/C(=C\c2ccc(N(c3ccccc3)c3ccccc3)cc2)SC1=S.CCN1C(=O)O/C(=C/c2ccc(C)cc2)C1=O.CCN1C(=O)O/C(=C/c2ccc(C)cc2OC)C1=O.CCN1C(=O)O/C(=C/c2ccc(N(CC)CC)cc2OC)C1=O.CCN=C1O/C(=C/c2ccc(C)cc2OC)C(=O)N1CC. The number of imide groups is 3. The number of anilines is 4. The molecule has 0 N–H and O–H groups in total. The van der Waals surface area contributed by atoms with E-state index in [0.29, 0.717) is 76.3 Å². The molecular weight excluding hydrogens is 1430 g/mol. The van der Waals surface area contributed by atoms with Crippen LogP contribution in [0.2, 0.25) is 0 Å². The number of aryl methyl sites for hydroxylation is 3. The third-order valence-corrected chi connectivity index (χ3v) is 18.5. The molecule has 0 aliphatic carbocycles. The molecule has 0 atom stereocenters. The average molecular weight is 1520 g/mol. The maximum atomic E-state index is 12.4. The number of hydrogen-bond donors (Lipinski definition) is 0. The second-order valence-electron chi connectivity index (χ2n) is 24.2. The van der Waals surface area contributed by atoms with Crippen molar-refractivity contribution >= 4 is 135 Å². The number of carbonyl (C=O) groups is 8. The largest absolute Gasteiger partial charge is 0.496 e. The molecule has 12 rings (SSSR count). The summed E-state index contributed by atoms with van der Waals surface area (Å²) < 4.78 is 37.1. The second-order valence-corrected chi connectivity index (χ2v) is 25.9. The van der Waals surface area contributed by atoms with E-state index in [1.165, 1.54) is 22.7 Å². The molecule has 7 aromatic carbocycles. The highest BCUT2D eigenvalue weighted by atomic mass is 32.2. The maximum Gasteiger partial charge on any atom is 0.422 e. The van der Waals surface area contributed by atoms with Gasteiger partial charge in [-0.15, -0.1) is 0 Å². The summed E-state index contributed by atoms with van der Waals surface area (Å²) >= 11 is 6.66. The van der Waals surface area contributed by atoms with Gasteiger partial charge in [0.1, 0.15) is 21.6 Å². The quantitative estimate of drug-likeness (QED) is 0.0392. The summed E-state index contributed by atoms with van der Waals surface area (Å²) in [6, 6.07) is 53.8. The van der Waals surface area contributed by atoms with Crippen molar-refractivity contribution in [3.63, 3.8) is 0 Å². The number of thiocarbonyl (C=S) groups is 1. The lowest BCUT2D eigenvalue weighted by Gasteiger charge is -2.25. The summed E-state index contributed by atoms with van der Waals surface area (Å²) in [6.45, 7) is 25.4. The van der Waals surface area contributed by atoms with Gasteiger partial charge >= 0.3 is 18.3 Å². The van der Waals surface area contributed by atoms with E-state index in [9.17, 15) is 38.4 Å². The number of nitrogens with zero attached hydrogens (tertiary/aromatic N) is 8. The third kappa shape index (κ3) is 20.7. The molecule has 0 spiro atoms. The molecule has 568 valence electrons. The number of ether oxygens (including phenoxy) is 7. The normalized spacial score (nSPS) is 16.7. The maximum absolute atomic E-state index is 12.4. The molecule has 0 bridgehead atoms. The highest BCUT2D eigenvalue weighted by Crippen LogP contribution is 2.37. The molecule has 5 heterocycles. The van der Waals surface area contributed by atoms with E-state index in [1.54, 1.807) is 65.2 Å². The van der Waals surface area contributed by atoms with Gasteiger partial charge in [0.15, 0.2) is 23.0 Å². The molecule has 109 heavy (non-hydrogen) atoms. The van der Waals surface area contributed by atoms with E-state index in [4.69, 9.17) is 45.4 Å². The summed E-state index contributed by atoms with van der Waals surface area (Å²) in [5.41, 5.74) is 11.6. The first-order valence-corrected chi connectivity index (χ1v) is 36.8. The van der Waals surface area contributed by atoms with Crippen LogP contribution in [0, 0.1) is 20.8 Å². The van der Waals surface area contributed by atoms with Crippen LogP contribution in [0.15, 0.2) is 197 Å². The Balaban J connectivity index is 0.000000174. The highest BCUT2D eigenvalue weighted by Gasteiger charge is 2.38. The average Bonchev–Trinajstić information content (AvgIpc) is 1.77. The smallest absolute Gasteiger partial charge is 0.422 e. The Morgan fingerprint density at radius 1 is 0.394 bits per heavy atom. The molecule has 5 fully saturated rings. The van der Waals surface area contributed by atoms with Gasteiger partial charge in [-0.2, -0.15) is 0 Å². The molecule has 23 nitrogen and oxygen atoms in total. The van der Waals surface area contributed by atoms with Gasteiger partial charge < -0.3 is 43.0 Å². The van der Waals surface area contributed by atoms with Gasteiger partial charge in [0, 0.05) is 97.9 Å².